The first-order valence-corrected chi connectivity index (χ1v) is 12.6. The van der Waals surface area contributed by atoms with E-state index in [1.165, 1.54) is 17.3 Å². The average molecular weight is 496 g/mol. The maximum absolute atomic E-state index is 12.9. The summed E-state index contributed by atoms with van der Waals surface area (Å²) in [6.45, 7) is 0.670. The molecule has 0 bridgehead atoms. The summed E-state index contributed by atoms with van der Waals surface area (Å²) in [5, 5.41) is 13.5. The molecule has 2 aromatic heterocycles. The number of hydrogen-bond donors (Lipinski definition) is 1. The van der Waals surface area contributed by atoms with Crippen molar-refractivity contribution >= 4 is 34.3 Å². The highest BCUT2D eigenvalue weighted by Gasteiger charge is 2.18. The lowest BCUT2D eigenvalue weighted by Crippen LogP contribution is -2.15. The van der Waals surface area contributed by atoms with E-state index in [4.69, 9.17) is 4.74 Å². The number of rotatable bonds is 9. The van der Waals surface area contributed by atoms with E-state index in [9.17, 15) is 4.79 Å². The van der Waals surface area contributed by atoms with E-state index < -0.39 is 0 Å². The number of nitrogens with one attached hydrogen (secondary N) is 1. The van der Waals surface area contributed by atoms with Crippen LogP contribution in [0.3, 0.4) is 0 Å². The fraction of sp³-hybridized carbons (Fsp3) is 0.143. The number of fused-ring (bicyclic) bond motifs is 1. The average Bonchev–Trinajstić information content (AvgIpc) is 3.34. The lowest BCUT2D eigenvalue weighted by molar-refractivity contribution is -0.113. The van der Waals surface area contributed by atoms with Gasteiger partial charge in [0.05, 0.1) is 29.6 Å². The summed E-state index contributed by atoms with van der Waals surface area (Å²) in [7, 11) is 1.65. The van der Waals surface area contributed by atoms with Crippen molar-refractivity contribution in [2.24, 2.45) is 0 Å². The number of hydrogen-bond acceptors (Lipinski definition) is 6. The minimum absolute atomic E-state index is 0.118. The highest BCUT2D eigenvalue weighted by Crippen LogP contribution is 2.31. The Morgan fingerprint density at radius 2 is 1.78 bits per heavy atom. The number of benzene rings is 3. The Balaban J connectivity index is 1.37. The fourth-order valence-electron chi connectivity index (χ4n) is 4.04. The Labute approximate surface area is 213 Å². The molecule has 0 saturated heterocycles. The molecule has 5 aromatic rings. The Morgan fingerprint density at radius 1 is 0.944 bits per heavy atom. The summed E-state index contributed by atoms with van der Waals surface area (Å²) < 4.78 is 7.63. The van der Waals surface area contributed by atoms with Gasteiger partial charge in [-0.15, -0.1) is 10.2 Å². The topological polar surface area (TPSA) is 81.9 Å². The molecule has 0 aliphatic heterocycles. The molecule has 0 unspecified atom stereocenters. The first-order valence-electron chi connectivity index (χ1n) is 11.6. The van der Waals surface area contributed by atoms with Crippen LogP contribution in [0.2, 0.25) is 0 Å². The number of ether oxygens (including phenoxy) is 1. The van der Waals surface area contributed by atoms with Gasteiger partial charge in [0.25, 0.3) is 0 Å². The lowest BCUT2D eigenvalue weighted by Gasteiger charge is -2.13. The quantitative estimate of drug-likeness (QED) is 0.273. The maximum atomic E-state index is 12.9. The van der Waals surface area contributed by atoms with Crippen LogP contribution in [0.15, 0.2) is 96.3 Å². The number of carbonyl (C=O) groups is 1. The molecule has 0 atom stereocenters. The van der Waals surface area contributed by atoms with Gasteiger partial charge in [-0.3, -0.25) is 9.78 Å². The molecule has 0 saturated carbocycles. The lowest BCUT2D eigenvalue weighted by atomic mass is 10.1. The van der Waals surface area contributed by atoms with Gasteiger partial charge in [-0.25, -0.2) is 0 Å². The summed E-state index contributed by atoms with van der Waals surface area (Å²) in [4.78, 5) is 17.2. The molecule has 8 heteroatoms. The number of aryl methyl sites for hydroxylation is 1. The second-order valence-electron chi connectivity index (χ2n) is 8.11. The van der Waals surface area contributed by atoms with Gasteiger partial charge in [0.2, 0.25) is 5.91 Å². The molecule has 36 heavy (non-hydrogen) atoms. The molecule has 5 rings (SSSR count). The molecular formula is C28H25N5O2S. The third-order valence-corrected chi connectivity index (χ3v) is 6.75. The zero-order chi connectivity index (χ0) is 24.7. The largest absolute Gasteiger partial charge is 0.496 e. The van der Waals surface area contributed by atoms with E-state index in [2.05, 4.69) is 37.2 Å². The van der Waals surface area contributed by atoms with Crippen LogP contribution in [0.1, 0.15) is 5.56 Å². The molecule has 1 N–H and O–H groups in total. The van der Waals surface area contributed by atoms with Crippen LogP contribution in [0.5, 0.6) is 5.75 Å². The van der Waals surface area contributed by atoms with E-state index in [0.29, 0.717) is 17.5 Å². The molecular weight excluding hydrogens is 470 g/mol. The van der Waals surface area contributed by atoms with Gasteiger partial charge < -0.3 is 14.6 Å². The fourth-order valence-corrected chi connectivity index (χ4v) is 4.80. The van der Waals surface area contributed by atoms with Crippen LogP contribution < -0.4 is 10.1 Å². The number of para-hydroxylation sites is 1. The number of pyridine rings is 1. The van der Waals surface area contributed by atoms with Gasteiger partial charge in [-0.1, -0.05) is 60.3 Å². The van der Waals surface area contributed by atoms with Gasteiger partial charge >= 0.3 is 0 Å². The van der Waals surface area contributed by atoms with Gasteiger partial charge in [-0.05, 0) is 48.4 Å². The number of methoxy groups -OCH3 is 1. The van der Waals surface area contributed by atoms with E-state index >= 15 is 0 Å². The van der Waals surface area contributed by atoms with Crippen LogP contribution in [-0.4, -0.2) is 38.5 Å². The van der Waals surface area contributed by atoms with Crippen molar-refractivity contribution in [2.45, 2.75) is 18.1 Å². The number of nitrogens with zero attached hydrogens (tertiary/aromatic N) is 4. The van der Waals surface area contributed by atoms with Gasteiger partial charge in [0, 0.05) is 18.1 Å². The second kappa shape index (κ2) is 11.0. The van der Waals surface area contributed by atoms with Crippen molar-refractivity contribution in [1.29, 1.82) is 0 Å². The Kier molecular flexibility index (Phi) is 7.23. The van der Waals surface area contributed by atoms with Crippen LogP contribution in [0.25, 0.3) is 22.3 Å². The zero-order valence-corrected chi connectivity index (χ0v) is 20.6. The Morgan fingerprint density at radius 3 is 2.64 bits per heavy atom. The highest BCUT2D eigenvalue weighted by atomic mass is 32.2. The minimum Gasteiger partial charge on any atom is -0.496 e. The van der Waals surface area contributed by atoms with E-state index in [1.807, 2.05) is 72.8 Å². The van der Waals surface area contributed by atoms with Crippen molar-refractivity contribution < 1.29 is 9.53 Å². The molecule has 7 nitrogen and oxygen atoms in total. The zero-order valence-electron chi connectivity index (χ0n) is 19.8. The molecule has 1 amide bonds. The van der Waals surface area contributed by atoms with Crippen LogP contribution in [-0.2, 0) is 17.8 Å². The SMILES string of the molecule is COc1ccccc1-c1nnc(SCC(=O)Nc2cccc3ncccc23)n1CCc1ccccc1. The van der Waals surface area contributed by atoms with Crippen molar-refractivity contribution in [1.82, 2.24) is 19.7 Å². The van der Waals surface area contributed by atoms with Crippen LogP contribution in [0.4, 0.5) is 5.69 Å². The number of amides is 1. The predicted molar refractivity (Wildman–Crippen MR) is 143 cm³/mol. The van der Waals surface area contributed by atoms with Crippen molar-refractivity contribution in [3.8, 4) is 17.1 Å². The first-order chi connectivity index (χ1) is 17.7. The van der Waals surface area contributed by atoms with Crippen molar-refractivity contribution in [3.05, 3.63) is 96.7 Å². The first kappa shape index (κ1) is 23.6. The summed E-state index contributed by atoms with van der Waals surface area (Å²) in [6, 6.07) is 27.5. The normalized spacial score (nSPS) is 10.9. The third kappa shape index (κ3) is 5.23. The number of aromatic nitrogens is 4. The van der Waals surface area contributed by atoms with Gasteiger partial charge in [0.1, 0.15) is 5.75 Å². The van der Waals surface area contributed by atoms with Gasteiger partial charge in [-0.2, -0.15) is 0 Å². The minimum atomic E-state index is -0.118. The number of thioether (sulfide) groups is 1. The van der Waals surface area contributed by atoms with Crippen LogP contribution >= 0.6 is 11.8 Å². The van der Waals surface area contributed by atoms with Crippen molar-refractivity contribution in [2.75, 3.05) is 18.2 Å². The summed E-state index contributed by atoms with van der Waals surface area (Å²) in [6.07, 6.45) is 2.55. The number of carbonyl (C=O) groups excluding carboxylic acids is 1. The smallest absolute Gasteiger partial charge is 0.234 e. The second-order valence-corrected chi connectivity index (χ2v) is 9.05. The summed E-state index contributed by atoms with van der Waals surface area (Å²) >= 11 is 1.36. The van der Waals surface area contributed by atoms with E-state index in [0.717, 1.165) is 34.3 Å². The standard InChI is InChI=1S/C28H25N5O2S/c1-35-25-15-6-5-11-22(25)27-31-32-28(33(27)18-16-20-9-3-2-4-10-20)36-19-26(34)30-24-14-7-13-23-21(24)12-8-17-29-23/h2-15,17H,16,18-19H2,1H3,(H,30,34). The number of anilines is 1. The van der Waals surface area contributed by atoms with E-state index in [-0.39, 0.29) is 11.7 Å². The van der Waals surface area contributed by atoms with E-state index in [1.54, 1.807) is 13.3 Å². The van der Waals surface area contributed by atoms with Crippen molar-refractivity contribution in [3.63, 3.8) is 0 Å². The monoisotopic (exact) mass is 495 g/mol. The Bertz CT molecular complexity index is 1480. The molecule has 2 heterocycles. The summed E-state index contributed by atoms with van der Waals surface area (Å²) in [5.74, 6) is 1.52. The molecule has 0 spiro atoms. The molecule has 3 aromatic carbocycles. The molecule has 0 aliphatic carbocycles. The van der Waals surface area contributed by atoms with Gasteiger partial charge in [0.15, 0.2) is 11.0 Å². The highest BCUT2D eigenvalue weighted by molar-refractivity contribution is 7.99. The summed E-state index contributed by atoms with van der Waals surface area (Å²) in [5.41, 5.74) is 3.66. The maximum Gasteiger partial charge on any atom is 0.234 e. The molecule has 0 fully saturated rings. The third-order valence-electron chi connectivity index (χ3n) is 5.78. The molecule has 0 radical (unpaired) electrons. The van der Waals surface area contributed by atoms with Crippen LogP contribution in [0, 0.1) is 0 Å². The molecule has 180 valence electrons. The Hall–Kier alpha value is -4.17. The molecule has 0 aliphatic rings. The predicted octanol–water partition coefficient (Wildman–Crippen LogP) is 5.48.